The number of carbonyl (C=O) groups is 1. The highest BCUT2D eigenvalue weighted by Gasteiger charge is 2.23. The van der Waals surface area contributed by atoms with Gasteiger partial charge in [-0.05, 0) is 56.3 Å². The summed E-state index contributed by atoms with van der Waals surface area (Å²) in [4.78, 5) is 16.8. The highest BCUT2D eigenvalue weighted by molar-refractivity contribution is 7.88. The van der Waals surface area contributed by atoms with Crippen molar-refractivity contribution in [3.8, 4) is 0 Å². The molecule has 0 aromatic heterocycles. The lowest BCUT2D eigenvalue weighted by molar-refractivity contribution is 0.0792. The van der Waals surface area contributed by atoms with E-state index in [0.717, 1.165) is 57.4 Å². The summed E-state index contributed by atoms with van der Waals surface area (Å²) in [6.07, 6.45) is 7.74. The number of hydrogen-bond donors (Lipinski definition) is 1. The first-order valence-electron chi connectivity index (χ1n) is 9.99. The minimum Gasteiger partial charge on any atom is -0.339 e. The summed E-state index contributed by atoms with van der Waals surface area (Å²) >= 11 is 0. The second-order valence-corrected chi connectivity index (χ2v) is 9.60. The molecule has 2 aliphatic rings. The molecule has 27 heavy (non-hydrogen) atoms. The van der Waals surface area contributed by atoms with Crippen LogP contribution in [0.1, 0.15) is 54.4 Å². The molecule has 0 spiro atoms. The summed E-state index contributed by atoms with van der Waals surface area (Å²) < 4.78 is 25.1. The van der Waals surface area contributed by atoms with Gasteiger partial charge in [0.25, 0.3) is 5.91 Å². The van der Waals surface area contributed by atoms with E-state index in [1.165, 1.54) is 24.7 Å². The number of nitrogens with zero attached hydrogens (tertiary/aromatic N) is 2. The van der Waals surface area contributed by atoms with Crippen LogP contribution in [0.4, 0.5) is 0 Å². The predicted molar refractivity (Wildman–Crippen MR) is 107 cm³/mol. The molecule has 0 aliphatic carbocycles. The maximum Gasteiger partial charge on any atom is 0.253 e. The molecule has 1 atom stereocenters. The van der Waals surface area contributed by atoms with E-state index in [1.54, 1.807) is 0 Å². The Morgan fingerprint density at radius 2 is 1.74 bits per heavy atom. The Hall–Kier alpha value is -1.44. The number of hydrogen-bond acceptors (Lipinski definition) is 4. The van der Waals surface area contributed by atoms with E-state index >= 15 is 0 Å². The van der Waals surface area contributed by atoms with Gasteiger partial charge in [-0.25, -0.2) is 13.1 Å². The largest absolute Gasteiger partial charge is 0.339 e. The molecule has 6 nitrogen and oxygen atoms in total. The number of sulfonamides is 1. The van der Waals surface area contributed by atoms with Gasteiger partial charge in [-0.2, -0.15) is 0 Å². The maximum absolute atomic E-state index is 12.5. The molecule has 1 amide bonds. The molecule has 2 saturated heterocycles. The van der Waals surface area contributed by atoms with E-state index in [9.17, 15) is 13.2 Å². The van der Waals surface area contributed by atoms with Crippen LogP contribution in [-0.2, 0) is 16.6 Å². The van der Waals surface area contributed by atoms with Crippen molar-refractivity contribution in [3.63, 3.8) is 0 Å². The van der Waals surface area contributed by atoms with E-state index in [4.69, 9.17) is 0 Å². The van der Waals surface area contributed by atoms with Gasteiger partial charge in [-0.15, -0.1) is 0 Å². The molecule has 3 rings (SSSR count). The van der Waals surface area contributed by atoms with E-state index in [0.29, 0.717) is 12.6 Å². The molecule has 0 radical (unpaired) electrons. The Bertz CT molecular complexity index is 727. The fourth-order valence-corrected chi connectivity index (χ4v) is 4.58. The highest BCUT2D eigenvalue weighted by Crippen LogP contribution is 2.22. The lowest BCUT2D eigenvalue weighted by Crippen LogP contribution is -2.41. The number of likely N-dealkylation sites (tertiary alicyclic amines) is 2. The van der Waals surface area contributed by atoms with Gasteiger partial charge in [-0.3, -0.25) is 9.69 Å². The Balaban J connectivity index is 1.56. The Morgan fingerprint density at radius 1 is 1.07 bits per heavy atom. The van der Waals surface area contributed by atoms with Gasteiger partial charge < -0.3 is 4.90 Å². The van der Waals surface area contributed by atoms with Gasteiger partial charge in [0.2, 0.25) is 10.0 Å². The van der Waals surface area contributed by atoms with Crippen LogP contribution in [0.2, 0.25) is 0 Å². The Kier molecular flexibility index (Phi) is 6.89. The van der Waals surface area contributed by atoms with Crippen molar-refractivity contribution < 1.29 is 13.2 Å². The second kappa shape index (κ2) is 9.17. The first kappa shape index (κ1) is 20.3. The topological polar surface area (TPSA) is 69.7 Å². The molecule has 2 fully saturated rings. The van der Waals surface area contributed by atoms with Gasteiger partial charge in [0.15, 0.2) is 0 Å². The average molecular weight is 394 g/mol. The molecule has 1 aromatic carbocycles. The number of piperidine rings is 1. The number of amides is 1. The average Bonchev–Trinajstić information content (AvgIpc) is 3.17. The summed E-state index contributed by atoms with van der Waals surface area (Å²) in [6.45, 7) is 4.12. The van der Waals surface area contributed by atoms with Crippen LogP contribution in [-0.4, -0.2) is 62.6 Å². The van der Waals surface area contributed by atoms with Crippen LogP contribution in [0.25, 0.3) is 0 Å². The lowest BCUT2D eigenvalue weighted by Gasteiger charge is -2.36. The van der Waals surface area contributed by atoms with Gasteiger partial charge in [0.1, 0.15) is 0 Å². The van der Waals surface area contributed by atoms with E-state index in [-0.39, 0.29) is 5.91 Å². The van der Waals surface area contributed by atoms with Crippen molar-refractivity contribution in [1.82, 2.24) is 14.5 Å². The summed E-state index contributed by atoms with van der Waals surface area (Å²) in [5.74, 6) is 0.141. The van der Waals surface area contributed by atoms with Gasteiger partial charge in [-0.1, -0.05) is 18.6 Å². The zero-order valence-electron chi connectivity index (χ0n) is 16.2. The van der Waals surface area contributed by atoms with Crippen LogP contribution in [0, 0.1) is 0 Å². The molecule has 0 saturated carbocycles. The van der Waals surface area contributed by atoms with Crippen molar-refractivity contribution in [2.45, 2.75) is 51.1 Å². The van der Waals surface area contributed by atoms with Crippen LogP contribution >= 0.6 is 0 Å². The van der Waals surface area contributed by atoms with Crippen LogP contribution in [0.5, 0.6) is 0 Å². The molecule has 7 heteroatoms. The Labute approximate surface area is 163 Å². The van der Waals surface area contributed by atoms with Crippen molar-refractivity contribution in [3.05, 3.63) is 35.4 Å². The molecule has 2 heterocycles. The number of nitrogens with one attached hydrogen (secondary N) is 1. The molecule has 150 valence electrons. The van der Waals surface area contributed by atoms with Crippen molar-refractivity contribution in [2.75, 3.05) is 32.4 Å². The molecular formula is C20H31N3O3S. The highest BCUT2D eigenvalue weighted by atomic mass is 32.2. The zero-order valence-corrected chi connectivity index (χ0v) is 17.0. The number of carbonyl (C=O) groups excluding carboxylic acids is 1. The van der Waals surface area contributed by atoms with E-state index in [2.05, 4.69) is 21.8 Å². The molecular weight excluding hydrogens is 362 g/mol. The first-order valence-corrected chi connectivity index (χ1v) is 11.9. The van der Waals surface area contributed by atoms with E-state index < -0.39 is 10.0 Å². The summed E-state index contributed by atoms with van der Waals surface area (Å²) in [6, 6.07) is 8.41. The first-order chi connectivity index (χ1) is 12.9. The smallest absolute Gasteiger partial charge is 0.253 e. The maximum atomic E-state index is 12.5. The predicted octanol–water partition coefficient (Wildman–Crippen LogP) is 2.22. The zero-order chi connectivity index (χ0) is 19.3. The second-order valence-electron chi connectivity index (χ2n) is 7.77. The van der Waals surface area contributed by atoms with Gasteiger partial charge >= 0.3 is 0 Å². The number of rotatable bonds is 7. The van der Waals surface area contributed by atoms with Gasteiger partial charge in [0, 0.05) is 37.8 Å². The quantitative estimate of drug-likeness (QED) is 0.771. The van der Waals surface area contributed by atoms with Crippen molar-refractivity contribution in [2.24, 2.45) is 0 Å². The standard InChI is InChI=1S/C20H31N3O3S/c1-27(25,26)21-12-11-19-6-2-3-15-23(19)16-17-7-9-18(10-8-17)20(24)22-13-4-5-14-22/h7-10,19,21H,2-6,11-16H2,1H3. The fourth-order valence-electron chi connectivity index (χ4n) is 4.10. The molecule has 2 aliphatic heterocycles. The van der Waals surface area contributed by atoms with E-state index in [1.807, 2.05) is 17.0 Å². The third-order valence-corrected chi connectivity index (χ3v) is 6.30. The normalized spacial score (nSPS) is 21.5. The molecule has 0 bridgehead atoms. The third kappa shape index (κ3) is 6.02. The lowest BCUT2D eigenvalue weighted by atomic mass is 9.98. The van der Waals surface area contributed by atoms with Crippen LogP contribution in [0.3, 0.4) is 0 Å². The third-order valence-electron chi connectivity index (χ3n) is 5.57. The van der Waals surface area contributed by atoms with Crippen LogP contribution in [0.15, 0.2) is 24.3 Å². The van der Waals surface area contributed by atoms with Crippen LogP contribution < -0.4 is 4.72 Å². The SMILES string of the molecule is CS(=O)(=O)NCCC1CCCCN1Cc1ccc(C(=O)N2CCCC2)cc1. The molecule has 1 unspecified atom stereocenters. The van der Waals surface area contributed by atoms with Gasteiger partial charge in [0.05, 0.1) is 6.26 Å². The minimum absolute atomic E-state index is 0.141. The monoisotopic (exact) mass is 393 g/mol. The summed E-state index contributed by atoms with van der Waals surface area (Å²) in [5.41, 5.74) is 1.98. The Morgan fingerprint density at radius 3 is 2.41 bits per heavy atom. The molecule has 1 aromatic rings. The van der Waals surface area contributed by atoms with Crippen molar-refractivity contribution in [1.29, 1.82) is 0 Å². The fraction of sp³-hybridized carbons (Fsp3) is 0.650. The number of benzene rings is 1. The molecule has 1 N–H and O–H groups in total. The minimum atomic E-state index is -3.13. The van der Waals surface area contributed by atoms with Crippen molar-refractivity contribution >= 4 is 15.9 Å². The summed E-state index contributed by atoms with van der Waals surface area (Å²) in [5, 5.41) is 0. The summed E-state index contributed by atoms with van der Waals surface area (Å²) in [7, 11) is -3.13.